The van der Waals surface area contributed by atoms with E-state index in [-0.39, 0.29) is 15.3 Å². The van der Waals surface area contributed by atoms with E-state index in [4.69, 9.17) is 16.3 Å². The number of likely N-dealkylation sites (tertiary alicyclic amines) is 1. The van der Waals surface area contributed by atoms with Gasteiger partial charge in [-0.1, -0.05) is 11.6 Å². The number of benzene rings is 1. The summed E-state index contributed by atoms with van der Waals surface area (Å²) in [6.45, 7) is 6.24. The van der Waals surface area contributed by atoms with E-state index in [2.05, 4.69) is 10.6 Å². The number of ether oxygens (including phenoxy) is 1. The first kappa shape index (κ1) is 23.8. The fourth-order valence-electron chi connectivity index (χ4n) is 2.74. The molecule has 0 radical (unpaired) electrons. The number of urea groups is 1. The van der Waals surface area contributed by atoms with Gasteiger partial charge in [-0.05, 0) is 68.3 Å². The van der Waals surface area contributed by atoms with Crippen molar-refractivity contribution in [1.82, 2.24) is 10.2 Å². The zero-order valence-corrected chi connectivity index (χ0v) is 19.0. The molecule has 162 valence electrons. The van der Waals surface area contributed by atoms with Crippen molar-refractivity contribution in [3.8, 4) is 0 Å². The first-order valence-corrected chi connectivity index (χ1v) is 10.3. The van der Waals surface area contributed by atoms with Crippen LogP contribution in [0.15, 0.2) is 12.1 Å². The number of anilines is 1. The Balaban J connectivity index is 1.90. The molecule has 1 saturated heterocycles. The van der Waals surface area contributed by atoms with Gasteiger partial charge in [0.2, 0.25) is 0 Å². The van der Waals surface area contributed by atoms with Gasteiger partial charge < -0.3 is 20.3 Å². The van der Waals surface area contributed by atoms with Crippen LogP contribution in [0.5, 0.6) is 0 Å². The van der Waals surface area contributed by atoms with Crippen LogP contribution < -0.4 is 10.6 Å². The molecule has 1 heterocycles. The van der Waals surface area contributed by atoms with Gasteiger partial charge in [0.15, 0.2) is 0 Å². The molecule has 0 spiro atoms. The van der Waals surface area contributed by atoms with E-state index in [0.717, 1.165) is 12.1 Å². The summed E-state index contributed by atoms with van der Waals surface area (Å²) in [4.78, 5) is 25.9. The molecular weight excluding hydrogens is 526 g/mol. The third-order valence-electron chi connectivity index (χ3n) is 4.09. The summed E-state index contributed by atoms with van der Waals surface area (Å²) < 4.78 is 44.2. The number of carbonyl (C=O) groups excluding carboxylic acids is 2. The predicted molar refractivity (Wildman–Crippen MR) is 112 cm³/mol. The van der Waals surface area contributed by atoms with Gasteiger partial charge in [-0.25, -0.2) is 9.59 Å². The van der Waals surface area contributed by atoms with Crippen molar-refractivity contribution in [2.24, 2.45) is 0 Å². The average Bonchev–Trinajstić information content (AvgIpc) is 2.55. The second-order valence-electron chi connectivity index (χ2n) is 7.65. The lowest BCUT2D eigenvalue weighted by Gasteiger charge is -2.33. The molecule has 1 fully saturated rings. The lowest BCUT2D eigenvalue weighted by molar-refractivity contribution is -0.137. The molecule has 1 aliphatic heterocycles. The Morgan fingerprint density at radius 1 is 1.21 bits per heavy atom. The van der Waals surface area contributed by atoms with Crippen LogP contribution in [-0.4, -0.2) is 41.8 Å². The molecule has 0 bridgehead atoms. The predicted octanol–water partition coefficient (Wildman–Crippen LogP) is 5.48. The highest BCUT2D eigenvalue weighted by Gasteiger charge is 2.34. The zero-order chi connectivity index (χ0) is 22.0. The second kappa shape index (κ2) is 9.15. The summed E-state index contributed by atoms with van der Waals surface area (Å²) in [7, 11) is 0. The van der Waals surface area contributed by atoms with E-state index >= 15 is 0 Å². The number of nitrogens with one attached hydrogen (secondary N) is 2. The molecule has 6 nitrogen and oxygen atoms in total. The Kier molecular flexibility index (Phi) is 7.52. The number of alkyl halides is 3. The smallest absolute Gasteiger partial charge is 0.417 e. The summed E-state index contributed by atoms with van der Waals surface area (Å²) in [6, 6.07) is 1.25. The molecule has 1 aromatic carbocycles. The Hall–Kier alpha value is -1.43. The summed E-state index contributed by atoms with van der Waals surface area (Å²) in [5, 5.41) is 4.81. The summed E-state index contributed by atoms with van der Waals surface area (Å²) in [5.41, 5.74) is -1.34. The minimum atomic E-state index is -4.57. The maximum atomic E-state index is 12.9. The van der Waals surface area contributed by atoms with Crippen molar-refractivity contribution >= 4 is 52.0 Å². The lowest BCUT2D eigenvalue weighted by Crippen LogP contribution is -2.48. The summed E-state index contributed by atoms with van der Waals surface area (Å²) in [5.74, 6) is 0. The molecule has 1 aromatic rings. The number of hydrogen-bond acceptors (Lipinski definition) is 3. The first-order chi connectivity index (χ1) is 13.3. The number of halogens is 5. The average molecular weight is 548 g/mol. The lowest BCUT2D eigenvalue weighted by atomic mass is 10.1. The monoisotopic (exact) mass is 547 g/mol. The van der Waals surface area contributed by atoms with E-state index < -0.39 is 34.5 Å². The van der Waals surface area contributed by atoms with E-state index in [1.807, 2.05) is 0 Å². The van der Waals surface area contributed by atoms with E-state index in [1.54, 1.807) is 48.3 Å². The van der Waals surface area contributed by atoms with Crippen molar-refractivity contribution in [2.75, 3.05) is 18.4 Å². The van der Waals surface area contributed by atoms with Crippen molar-refractivity contribution in [3.05, 3.63) is 26.3 Å². The van der Waals surface area contributed by atoms with Gasteiger partial charge in [0.1, 0.15) is 5.60 Å². The molecule has 0 aliphatic carbocycles. The van der Waals surface area contributed by atoms with Gasteiger partial charge in [0.05, 0.1) is 16.3 Å². The molecule has 2 N–H and O–H groups in total. The first-order valence-electron chi connectivity index (χ1n) is 8.88. The molecule has 1 aliphatic rings. The summed E-state index contributed by atoms with van der Waals surface area (Å²) in [6.07, 6.45) is -3.89. The SMILES string of the molecule is CC(C)(C)OC(=O)N1CCC(NC(=O)Nc2cc(Cl)c(C(F)(F)F)cc2I)CC1. The molecule has 3 amide bonds. The Morgan fingerprint density at radius 3 is 2.31 bits per heavy atom. The Morgan fingerprint density at radius 2 is 1.79 bits per heavy atom. The standard InChI is InChI=1S/C18H22ClF3IN3O3/c1-17(2,3)29-16(28)26-6-4-10(5-7-26)24-15(27)25-14-9-12(19)11(8-13(14)23)18(20,21)22/h8-10H,4-7H2,1-3H3,(H2,24,25,27). The molecule has 11 heteroatoms. The van der Waals surface area contributed by atoms with E-state index in [0.29, 0.717) is 25.9 Å². The van der Waals surface area contributed by atoms with E-state index in [1.165, 1.54) is 0 Å². The molecule has 29 heavy (non-hydrogen) atoms. The third-order valence-corrected chi connectivity index (χ3v) is 5.30. The number of carbonyl (C=O) groups is 2. The number of rotatable bonds is 2. The quantitative estimate of drug-likeness (QED) is 0.482. The number of piperidine rings is 1. The molecule has 2 rings (SSSR count). The third kappa shape index (κ3) is 7.09. The maximum absolute atomic E-state index is 12.9. The topological polar surface area (TPSA) is 70.7 Å². The highest BCUT2D eigenvalue weighted by molar-refractivity contribution is 14.1. The molecule has 0 aromatic heterocycles. The van der Waals surface area contributed by atoms with Crippen LogP contribution in [0.3, 0.4) is 0 Å². The largest absolute Gasteiger partial charge is 0.444 e. The van der Waals surface area contributed by atoms with Crippen LogP contribution in [0.25, 0.3) is 0 Å². The number of nitrogens with zero attached hydrogens (tertiary/aromatic N) is 1. The van der Waals surface area contributed by atoms with Crippen LogP contribution in [0, 0.1) is 3.57 Å². The maximum Gasteiger partial charge on any atom is 0.417 e. The van der Waals surface area contributed by atoms with Crippen LogP contribution in [-0.2, 0) is 10.9 Å². The minimum Gasteiger partial charge on any atom is -0.444 e. The molecular formula is C18H22ClF3IN3O3. The second-order valence-corrected chi connectivity index (χ2v) is 9.22. The molecule has 0 unspecified atom stereocenters. The number of amides is 3. The normalized spacial score (nSPS) is 15.8. The van der Waals surface area contributed by atoms with Gasteiger partial charge in [-0.2, -0.15) is 13.2 Å². The van der Waals surface area contributed by atoms with Gasteiger partial charge in [-0.15, -0.1) is 0 Å². The fourth-order valence-corrected chi connectivity index (χ4v) is 3.61. The van der Waals surface area contributed by atoms with Gasteiger partial charge in [-0.3, -0.25) is 0 Å². The highest BCUT2D eigenvalue weighted by Crippen LogP contribution is 2.38. The van der Waals surface area contributed by atoms with Crippen molar-refractivity contribution in [1.29, 1.82) is 0 Å². The molecule has 0 saturated carbocycles. The van der Waals surface area contributed by atoms with Gasteiger partial charge in [0.25, 0.3) is 0 Å². The van der Waals surface area contributed by atoms with Crippen LogP contribution in [0.2, 0.25) is 5.02 Å². The molecule has 0 atom stereocenters. The van der Waals surface area contributed by atoms with Gasteiger partial charge >= 0.3 is 18.3 Å². The van der Waals surface area contributed by atoms with E-state index in [9.17, 15) is 22.8 Å². The Bertz CT molecular complexity index is 776. The highest BCUT2D eigenvalue weighted by atomic mass is 127. The zero-order valence-electron chi connectivity index (χ0n) is 16.1. The van der Waals surface area contributed by atoms with Crippen LogP contribution >= 0.6 is 34.2 Å². The van der Waals surface area contributed by atoms with Crippen molar-refractivity contribution in [3.63, 3.8) is 0 Å². The summed E-state index contributed by atoms with van der Waals surface area (Å²) >= 11 is 7.42. The fraction of sp³-hybridized carbons (Fsp3) is 0.556. The van der Waals surface area contributed by atoms with Crippen LogP contribution in [0.4, 0.5) is 28.4 Å². The van der Waals surface area contributed by atoms with Gasteiger partial charge in [0, 0.05) is 22.7 Å². The minimum absolute atomic E-state index is 0.170. The van der Waals surface area contributed by atoms with Crippen molar-refractivity contribution in [2.45, 2.75) is 51.4 Å². The van der Waals surface area contributed by atoms with Crippen LogP contribution in [0.1, 0.15) is 39.2 Å². The van der Waals surface area contributed by atoms with Crippen molar-refractivity contribution < 1.29 is 27.5 Å². The number of hydrogen-bond donors (Lipinski definition) is 2. The Labute approximate surface area is 185 Å².